The molecule has 3 nitrogen and oxygen atoms in total. The summed E-state index contributed by atoms with van der Waals surface area (Å²) in [6.07, 6.45) is 2.77. The normalized spacial score (nSPS) is 23.9. The van der Waals surface area contributed by atoms with E-state index in [1.54, 1.807) is 0 Å². The lowest BCUT2D eigenvalue weighted by Crippen LogP contribution is -2.34. The van der Waals surface area contributed by atoms with Crippen molar-refractivity contribution in [2.45, 2.75) is 51.4 Å². The van der Waals surface area contributed by atoms with Crippen LogP contribution in [0.1, 0.15) is 45.4 Å². The number of amides is 1. The minimum atomic E-state index is -2.65. The van der Waals surface area contributed by atoms with Gasteiger partial charge in [-0.2, -0.15) is 0 Å². The second-order valence-corrected chi connectivity index (χ2v) is 5.27. The number of alkyl halides is 2. The maximum absolute atomic E-state index is 13.0. The summed E-state index contributed by atoms with van der Waals surface area (Å²) in [6.45, 7) is 3.25. The second-order valence-electron chi connectivity index (χ2n) is 5.27. The number of hydrogen-bond donors (Lipinski definition) is 2. The maximum Gasteiger partial charge on any atom is 0.248 e. The monoisotopic (exact) mass is 262 g/mol. The zero-order valence-corrected chi connectivity index (χ0v) is 11.1. The summed E-state index contributed by atoms with van der Waals surface area (Å²) in [7, 11) is 0. The standard InChI is InChI=1S/C13H24F2N2O/c1-2-3-10(5-7-16)9-17-12(18)11-4-6-13(14,15)8-11/h10-11H,2-9,16H2,1H3,(H,17,18). The number of halogens is 2. The quantitative estimate of drug-likeness (QED) is 0.739. The van der Waals surface area contributed by atoms with Crippen LogP contribution in [0.3, 0.4) is 0 Å². The average molecular weight is 262 g/mol. The Hall–Kier alpha value is -0.710. The van der Waals surface area contributed by atoms with Gasteiger partial charge < -0.3 is 11.1 Å². The molecule has 1 amide bonds. The highest BCUT2D eigenvalue weighted by atomic mass is 19.3. The Bertz CT molecular complexity index is 266. The van der Waals surface area contributed by atoms with Gasteiger partial charge in [0.05, 0.1) is 0 Å². The van der Waals surface area contributed by atoms with E-state index < -0.39 is 11.8 Å². The summed E-state index contributed by atoms with van der Waals surface area (Å²) in [4.78, 5) is 11.8. The summed E-state index contributed by atoms with van der Waals surface area (Å²) < 4.78 is 26.0. The Kier molecular flexibility index (Phi) is 5.99. The van der Waals surface area contributed by atoms with Crippen LogP contribution in [0.15, 0.2) is 0 Å². The molecule has 0 bridgehead atoms. The van der Waals surface area contributed by atoms with Gasteiger partial charge in [0.2, 0.25) is 11.8 Å². The van der Waals surface area contributed by atoms with E-state index in [9.17, 15) is 13.6 Å². The van der Waals surface area contributed by atoms with Crippen molar-refractivity contribution in [2.75, 3.05) is 13.1 Å². The van der Waals surface area contributed by atoms with Gasteiger partial charge in [-0.3, -0.25) is 4.79 Å². The third-order valence-electron chi connectivity index (χ3n) is 3.61. The molecule has 0 aliphatic heterocycles. The molecule has 3 N–H and O–H groups in total. The van der Waals surface area contributed by atoms with Crippen molar-refractivity contribution in [3.05, 3.63) is 0 Å². The minimum Gasteiger partial charge on any atom is -0.356 e. The molecule has 2 atom stereocenters. The molecule has 0 aromatic rings. The molecular weight excluding hydrogens is 238 g/mol. The van der Waals surface area contributed by atoms with Gasteiger partial charge in [-0.1, -0.05) is 13.3 Å². The van der Waals surface area contributed by atoms with Gasteiger partial charge in [0.25, 0.3) is 0 Å². The van der Waals surface area contributed by atoms with Crippen LogP contribution in [0, 0.1) is 11.8 Å². The first-order valence-electron chi connectivity index (χ1n) is 6.84. The van der Waals surface area contributed by atoms with E-state index in [1.807, 2.05) is 0 Å². The van der Waals surface area contributed by atoms with Crippen molar-refractivity contribution in [1.29, 1.82) is 0 Å². The number of nitrogens with one attached hydrogen (secondary N) is 1. The predicted octanol–water partition coefficient (Wildman–Crippen LogP) is 2.30. The van der Waals surface area contributed by atoms with Crippen molar-refractivity contribution in [2.24, 2.45) is 17.6 Å². The van der Waals surface area contributed by atoms with Gasteiger partial charge in [-0.15, -0.1) is 0 Å². The topological polar surface area (TPSA) is 55.1 Å². The Morgan fingerprint density at radius 3 is 2.72 bits per heavy atom. The van der Waals surface area contributed by atoms with Crippen LogP contribution in [-0.4, -0.2) is 24.9 Å². The molecule has 1 aliphatic rings. The fourth-order valence-electron chi connectivity index (χ4n) is 2.56. The van der Waals surface area contributed by atoms with Crippen LogP contribution in [0.5, 0.6) is 0 Å². The lowest BCUT2D eigenvalue weighted by Gasteiger charge is -2.17. The van der Waals surface area contributed by atoms with Crippen molar-refractivity contribution in [3.63, 3.8) is 0 Å². The highest BCUT2D eigenvalue weighted by Gasteiger charge is 2.42. The van der Waals surface area contributed by atoms with E-state index in [1.165, 1.54) is 0 Å². The zero-order chi connectivity index (χ0) is 13.6. The number of rotatable bonds is 7. The maximum atomic E-state index is 13.0. The minimum absolute atomic E-state index is 0.160. The van der Waals surface area contributed by atoms with Gasteiger partial charge in [0.15, 0.2) is 0 Å². The second kappa shape index (κ2) is 7.02. The molecule has 1 rings (SSSR count). The Labute approximate surface area is 107 Å². The fraction of sp³-hybridized carbons (Fsp3) is 0.923. The highest BCUT2D eigenvalue weighted by Crippen LogP contribution is 2.38. The van der Waals surface area contributed by atoms with Gasteiger partial charge in [-0.05, 0) is 31.7 Å². The molecule has 1 aliphatic carbocycles. The molecule has 0 spiro atoms. The Morgan fingerprint density at radius 1 is 1.50 bits per heavy atom. The van der Waals surface area contributed by atoms with Crippen LogP contribution in [0.4, 0.5) is 8.78 Å². The van der Waals surface area contributed by atoms with Crippen LogP contribution in [0.2, 0.25) is 0 Å². The molecule has 0 saturated heterocycles. The van der Waals surface area contributed by atoms with Crippen LogP contribution in [0.25, 0.3) is 0 Å². The molecule has 0 heterocycles. The van der Waals surface area contributed by atoms with Gasteiger partial charge in [0.1, 0.15) is 0 Å². The van der Waals surface area contributed by atoms with Crippen molar-refractivity contribution >= 4 is 5.91 Å². The van der Waals surface area contributed by atoms with Gasteiger partial charge >= 0.3 is 0 Å². The summed E-state index contributed by atoms with van der Waals surface area (Å²) in [5, 5.41) is 2.80. The first-order valence-corrected chi connectivity index (χ1v) is 6.84. The van der Waals surface area contributed by atoms with E-state index in [0.717, 1.165) is 19.3 Å². The Morgan fingerprint density at radius 2 is 2.22 bits per heavy atom. The van der Waals surface area contributed by atoms with Crippen LogP contribution >= 0.6 is 0 Å². The first kappa shape index (κ1) is 15.3. The van der Waals surface area contributed by atoms with Gasteiger partial charge in [-0.25, -0.2) is 8.78 Å². The van der Waals surface area contributed by atoms with E-state index >= 15 is 0 Å². The molecule has 0 radical (unpaired) electrons. The molecule has 5 heteroatoms. The molecule has 106 valence electrons. The highest BCUT2D eigenvalue weighted by molar-refractivity contribution is 5.79. The third-order valence-corrected chi connectivity index (χ3v) is 3.61. The van der Waals surface area contributed by atoms with Crippen LogP contribution < -0.4 is 11.1 Å². The number of nitrogens with two attached hydrogens (primary N) is 1. The molecule has 1 saturated carbocycles. The number of carbonyl (C=O) groups is 1. The number of carbonyl (C=O) groups excluding carboxylic acids is 1. The molecule has 0 aromatic carbocycles. The van der Waals surface area contributed by atoms with Crippen molar-refractivity contribution < 1.29 is 13.6 Å². The largest absolute Gasteiger partial charge is 0.356 e. The summed E-state index contributed by atoms with van der Waals surface area (Å²) >= 11 is 0. The van der Waals surface area contributed by atoms with Crippen molar-refractivity contribution in [3.8, 4) is 0 Å². The predicted molar refractivity (Wildman–Crippen MR) is 67.4 cm³/mol. The molecule has 18 heavy (non-hydrogen) atoms. The third kappa shape index (κ3) is 4.88. The molecule has 0 aromatic heterocycles. The first-order chi connectivity index (χ1) is 8.48. The lowest BCUT2D eigenvalue weighted by atomic mass is 9.99. The van der Waals surface area contributed by atoms with Crippen molar-refractivity contribution in [1.82, 2.24) is 5.32 Å². The SMILES string of the molecule is CCCC(CCN)CNC(=O)C1CCC(F)(F)C1. The summed E-state index contributed by atoms with van der Waals surface area (Å²) in [6, 6.07) is 0. The smallest absolute Gasteiger partial charge is 0.248 e. The summed E-state index contributed by atoms with van der Waals surface area (Å²) in [5.41, 5.74) is 5.51. The fourth-order valence-corrected chi connectivity index (χ4v) is 2.56. The molecular formula is C13H24F2N2O. The van der Waals surface area contributed by atoms with E-state index in [0.29, 0.717) is 25.4 Å². The molecule has 2 unspecified atom stereocenters. The van der Waals surface area contributed by atoms with Crippen LogP contribution in [-0.2, 0) is 4.79 Å². The number of hydrogen-bond acceptors (Lipinski definition) is 2. The Balaban J connectivity index is 2.31. The van der Waals surface area contributed by atoms with E-state index in [4.69, 9.17) is 5.73 Å². The average Bonchev–Trinajstić information content (AvgIpc) is 2.67. The summed E-state index contributed by atoms with van der Waals surface area (Å²) in [5.74, 6) is -3.02. The van der Waals surface area contributed by atoms with E-state index in [2.05, 4.69) is 12.2 Å². The molecule has 1 fully saturated rings. The zero-order valence-electron chi connectivity index (χ0n) is 11.1. The van der Waals surface area contributed by atoms with Gasteiger partial charge in [0, 0.05) is 25.3 Å². The lowest BCUT2D eigenvalue weighted by molar-refractivity contribution is -0.126. The van der Waals surface area contributed by atoms with E-state index in [-0.39, 0.29) is 18.7 Å².